The number of halogens is 1. The highest BCUT2D eigenvalue weighted by atomic mass is 32.2. The zero-order chi connectivity index (χ0) is 22.1. The first-order valence-electron chi connectivity index (χ1n) is 10.0. The van der Waals surface area contributed by atoms with Crippen LogP contribution in [0.3, 0.4) is 0 Å². The zero-order valence-corrected chi connectivity index (χ0v) is 18.1. The third kappa shape index (κ3) is 7.33. The second-order valence-corrected chi connectivity index (χ2v) is 9.30. The largest absolute Gasteiger partial charge is 0.383 e. The van der Waals surface area contributed by atoms with Crippen LogP contribution in [0.15, 0.2) is 29.2 Å². The van der Waals surface area contributed by atoms with Gasteiger partial charge in [-0.15, -0.1) is 0 Å². The van der Waals surface area contributed by atoms with Crippen molar-refractivity contribution in [1.82, 2.24) is 15.4 Å². The lowest BCUT2D eigenvalue weighted by molar-refractivity contribution is -0.131. The molecule has 1 aromatic carbocycles. The van der Waals surface area contributed by atoms with E-state index < -0.39 is 21.9 Å². The van der Waals surface area contributed by atoms with Gasteiger partial charge in [0.2, 0.25) is 21.8 Å². The van der Waals surface area contributed by atoms with Crippen LogP contribution in [-0.4, -0.2) is 53.1 Å². The molecule has 0 heterocycles. The Kier molecular flexibility index (Phi) is 9.19. The molecule has 1 aliphatic carbocycles. The lowest BCUT2D eigenvalue weighted by Crippen LogP contribution is -2.47. The Morgan fingerprint density at radius 3 is 2.40 bits per heavy atom. The molecule has 0 saturated heterocycles. The molecule has 30 heavy (non-hydrogen) atoms. The quantitative estimate of drug-likeness (QED) is 0.470. The van der Waals surface area contributed by atoms with Gasteiger partial charge in [0.05, 0.1) is 11.5 Å². The van der Waals surface area contributed by atoms with Crippen molar-refractivity contribution in [2.24, 2.45) is 11.8 Å². The van der Waals surface area contributed by atoms with E-state index in [1.165, 1.54) is 12.1 Å². The molecule has 0 aromatic heterocycles. The number of amides is 2. The predicted octanol–water partition coefficient (Wildman–Crippen LogP) is 1.18. The summed E-state index contributed by atoms with van der Waals surface area (Å²) in [5.74, 6) is -0.977. The Morgan fingerprint density at radius 2 is 1.80 bits per heavy atom. The highest BCUT2D eigenvalue weighted by Crippen LogP contribution is 2.29. The van der Waals surface area contributed by atoms with Gasteiger partial charge in [0, 0.05) is 26.1 Å². The predicted molar refractivity (Wildman–Crippen MR) is 110 cm³/mol. The minimum Gasteiger partial charge on any atom is -0.383 e. The topological polar surface area (TPSA) is 114 Å². The van der Waals surface area contributed by atoms with E-state index in [0.717, 1.165) is 12.1 Å². The fourth-order valence-corrected chi connectivity index (χ4v) is 4.50. The molecule has 0 bridgehead atoms. The molecule has 8 nitrogen and oxygen atoms in total. The van der Waals surface area contributed by atoms with Gasteiger partial charge >= 0.3 is 0 Å². The Bertz CT molecular complexity index is 808. The van der Waals surface area contributed by atoms with E-state index in [2.05, 4.69) is 15.4 Å². The highest BCUT2D eigenvalue weighted by Gasteiger charge is 2.28. The summed E-state index contributed by atoms with van der Waals surface area (Å²) in [6.45, 7) is 2.69. The maximum atomic E-state index is 13.0. The first kappa shape index (κ1) is 24.2. The number of carbonyl (C=O) groups is 2. The van der Waals surface area contributed by atoms with Gasteiger partial charge < -0.3 is 15.4 Å². The first-order chi connectivity index (χ1) is 14.2. The van der Waals surface area contributed by atoms with Crippen LogP contribution in [0.25, 0.3) is 0 Å². The van der Waals surface area contributed by atoms with Crippen molar-refractivity contribution in [3.8, 4) is 0 Å². The molecule has 3 N–H and O–H groups in total. The Hall–Kier alpha value is -2.04. The maximum absolute atomic E-state index is 13.0. The van der Waals surface area contributed by atoms with Crippen molar-refractivity contribution in [3.63, 3.8) is 0 Å². The molecule has 1 aliphatic rings. The van der Waals surface area contributed by atoms with Crippen LogP contribution in [0.4, 0.5) is 4.39 Å². The molecule has 1 fully saturated rings. The molecule has 2 rings (SSSR count). The SMILES string of the molecule is COCCNC(=O)C(C)NC(=O)C1CCC(CNS(=O)(=O)c2ccc(F)cc2)CC1. The van der Waals surface area contributed by atoms with E-state index in [4.69, 9.17) is 4.74 Å². The van der Waals surface area contributed by atoms with Gasteiger partial charge in [-0.3, -0.25) is 9.59 Å². The summed E-state index contributed by atoms with van der Waals surface area (Å²) in [7, 11) is -2.15. The van der Waals surface area contributed by atoms with Crippen molar-refractivity contribution < 1.29 is 27.1 Å². The fraction of sp³-hybridized carbons (Fsp3) is 0.600. The summed E-state index contributed by atoms with van der Waals surface area (Å²) in [5, 5.41) is 5.42. The summed E-state index contributed by atoms with van der Waals surface area (Å²) < 4.78 is 45.0. The van der Waals surface area contributed by atoms with Crippen LogP contribution in [0.5, 0.6) is 0 Å². The van der Waals surface area contributed by atoms with E-state index in [1.807, 2.05) is 0 Å². The molecule has 1 aromatic rings. The van der Waals surface area contributed by atoms with Crippen LogP contribution >= 0.6 is 0 Å². The van der Waals surface area contributed by atoms with Crippen LogP contribution in [0.1, 0.15) is 32.6 Å². The van der Waals surface area contributed by atoms with Gasteiger partial charge in [0.15, 0.2) is 0 Å². The van der Waals surface area contributed by atoms with Crippen LogP contribution in [0.2, 0.25) is 0 Å². The van der Waals surface area contributed by atoms with Crippen LogP contribution < -0.4 is 15.4 Å². The Labute approximate surface area is 177 Å². The van der Waals surface area contributed by atoms with Crippen LogP contribution in [0, 0.1) is 17.7 Å². The number of nitrogens with one attached hydrogen (secondary N) is 3. The first-order valence-corrected chi connectivity index (χ1v) is 11.5. The molecule has 1 unspecified atom stereocenters. The van der Waals surface area contributed by atoms with Crippen molar-refractivity contribution in [2.75, 3.05) is 26.8 Å². The molecule has 1 saturated carbocycles. The van der Waals surface area contributed by atoms with Gasteiger partial charge in [-0.2, -0.15) is 0 Å². The average Bonchev–Trinajstić information content (AvgIpc) is 2.73. The molecule has 10 heteroatoms. The third-order valence-corrected chi connectivity index (χ3v) is 6.70. The van der Waals surface area contributed by atoms with Gasteiger partial charge in [-0.05, 0) is 62.8 Å². The number of hydrogen-bond acceptors (Lipinski definition) is 5. The van der Waals surface area contributed by atoms with Crippen molar-refractivity contribution >= 4 is 21.8 Å². The second kappa shape index (κ2) is 11.4. The average molecular weight is 444 g/mol. The van der Waals surface area contributed by atoms with Crippen molar-refractivity contribution in [1.29, 1.82) is 0 Å². The van der Waals surface area contributed by atoms with Crippen molar-refractivity contribution in [2.45, 2.75) is 43.5 Å². The van der Waals surface area contributed by atoms with E-state index >= 15 is 0 Å². The summed E-state index contributed by atoms with van der Waals surface area (Å²) >= 11 is 0. The molecule has 1 atom stereocenters. The number of ether oxygens (including phenoxy) is 1. The zero-order valence-electron chi connectivity index (χ0n) is 17.3. The number of sulfonamides is 1. The molecular weight excluding hydrogens is 413 g/mol. The maximum Gasteiger partial charge on any atom is 0.242 e. The Balaban J connectivity index is 1.74. The van der Waals surface area contributed by atoms with Crippen molar-refractivity contribution in [3.05, 3.63) is 30.1 Å². The molecule has 168 valence electrons. The minimum absolute atomic E-state index is 0.0229. The standard InChI is InChI=1S/C20H30FN3O5S/c1-14(19(25)22-11-12-29-2)24-20(26)16-5-3-15(4-6-16)13-23-30(27,28)18-9-7-17(21)8-10-18/h7-10,14-16,23H,3-6,11-13H2,1-2H3,(H,22,25)(H,24,26). The van der Waals surface area contributed by atoms with Crippen LogP contribution in [-0.2, 0) is 24.3 Å². The van der Waals surface area contributed by atoms with E-state index in [9.17, 15) is 22.4 Å². The smallest absolute Gasteiger partial charge is 0.242 e. The molecular formula is C20H30FN3O5S. The molecule has 2 amide bonds. The second-order valence-electron chi connectivity index (χ2n) is 7.54. The lowest BCUT2D eigenvalue weighted by atomic mass is 9.81. The van der Waals surface area contributed by atoms with Gasteiger partial charge in [0.25, 0.3) is 0 Å². The van der Waals surface area contributed by atoms with Gasteiger partial charge in [-0.1, -0.05) is 0 Å². The normalized spacial score (nSPS) is 20.4. The summed E-state index contributed by atoms with van der Waals surface area (Å²) in [5.41, 5.74) is 0. The third-order valence-electron chi connectivity index (χ3n) is 5.26. The number of rotatable bonds is 10. The molecule has 0 spiro atoms. The monoisotopic (exact) mass is 443 g/mol. The minimum atomic E-state index is -3.69. The number of methoxy groups -OCH3 is 1. The van der Waals surface area contributed by atoms with E-state index in [1.54, 1.807) is 14.0 Å². The number of hydrogen-bond donors (Lipinski definition) is 3. The summed E-state index contributed by atoms with van der Waals surface area (Å²) in [6, 6.07) is 4.04. The highest BCUT2D eigenvalue weighted by molar-refractivity contribution is 7.89. The molecule has 0 radical (unpaired) electrons. The van der Waals surface area contributed by atoms with Gasteiger partial charge in [-0.25, -0.2) is 17.5 Å². The summed E-state index contributed by atoms with van der Waals surface area (Å²) in [6.07, 6.45) is 2.68. The number of carbonyl (C=O) groups excluding carboxylic acids is 2. The van der Waals surface area contributed by atoms with E-state index in [0.29, 0.717) is 38.8 Å². The summed E-state index contributed by atoms with van der Waals surface area (Å²) in [4.78, 5) is 24.4. The van der Waals surface area contributed by atoms with Gasteiger partial charge in [0.1, 0.15) is 11.9 Å². The Morgan fingerprint density at radius 1 is 1.17 bits per heavy atom. The lowest BCUT2D eigenvalue weighted by Gasteiger charge is -2.28. The fourth-order valence-electron chi connectivity index (χ4n) is 3.38. The van der Waals surface area contributed by atoms with E-state index in [-0.39, 0.29) is 35.1 Å². The molecule has 0 aliphatic heterocycles. The number of benzene rings is 1.